The minimum absolute atomic E-state index is 0.180. The molecule has 2 rings (SSSR count). The number of halogens is 1. The Morgan fingerprint density at radius 1 is 1.50 bits per heavy atom. The van der Waals surface area contributed by atoms with Crippen molar-refractivity contribution in [2.75, 3.05) is 5.01 Å². The average Bonchev–Trinajstić information content (AvgIpc) is 2.45. The van der Waals surface area contributed by atoms with E-state index < -0.39 is 5.95 Å². The highest BCUT2D eigenvalue weighted by Gasteiger charge is 2.23. The van der Waals surface area contributed by atoms with Crippen LogP contribution in [0.15, 0.2) is 23.3 Å². The summed E-state index contributed by atoms with van der Waals surface area (Å²) in [5.74, 6) is -0.567. The van der Waals surface area contributed by atoms with Gasteiger partial charge < -0.3 is 0 Å². The maximum Gasteiger partial charge on any atom is 0.254 e. The lowest BCUT2D eigenvalue weighted by molar-refractivity contribution is -0.116. The predicted molar refractivity (Wildman–Crippen MR) is 49.4 cm³/mol. The molecule has 0 saturated carbocycles. The SMILES string of the molecule is CC1=NN(c2cccc(F)n2)C(=O)C1. The van der Waals surface area contributed by atoms with Crippen LogP contribution in [0.4, 0.5) is 10.2 Å². The summed E-state index contributed by atoms with van der Waals surface area (Å²) in [5, 5.41) is 5.08. The van der Waals surface area contributed by atoms with Crippen LogP contribution in [0.5, 0.6) is 0 Å². The highest BCUT2D eigenvalue weighted by Crippen LogP contribution is 2.17. The van der Waals surface area contributed by atoms with Gasteiger partial charge in [0.1, 0.15) is 0 Å². The van der Waals surface area contributed by atoms with E-state index in [-0.39, 0.29) is 18.1 Å². The Kier molecular flexibility index (Phi) is 1.99. The number of hydrogen-bond donors (Lipinski definition) is 0. The lowest BCUT2D eigenvalue weighted by atomic mass is 10.3. The predicted octanol–water partition coefficient (Wildman–Crippen LogP) is 1.33. The topological polar surface area (TPSA) is 45.6 Å². The first kappa shape index (κ1) is 8.80. The Morgan fingerprint density at radius 2 is 2.29 bits per heavy atom. The quantitative estimate of drug-likeness (QED) is 0.631. The van der Waals surface area contributed by atoms with Crippen LogP contribution in [0.2, 0.25) is 0 Å². The maximum atomic E-state index is 12.7. The van der Waals surface area contributed by atoms with Crippen molar-refractivity contribution in [2.45, 2.75) is 13.3 Å². The first-order valence-corrected chi connectivity index (χ1v) is 4.16. The van der Waals surface area contributed by atoms with Crippen molar-refractivity contribution >= 4 is 17.4 Å². The fourth-order valence-electron chi connectivity index (χ4n) is 1.25. The summed E-state index contributed by atoms with van der Waals surface area (Å²) < 4.78 is 12.7. The highest BCUT2D eigenvalue weighted by molar-refractivity contribution is 6.11. The van der Waals surface area contributed by atoms with Crippen molar-refractivity contribution < 1.29 is 9.18 Å². The monoisotopic (exact) mass is 193 g/mol. The zero-order chi connectivity index (χ0) is 10.1. The number of carbonyl (C=O) groups excluding carboxylic acids is 1. The molecule has 0 spiro atoms. The fraction of sp³-hybridized carbons (Fsp3) is 0.222. The van der Waals surface area contributed by atoms with Crippen LogP contribution in [0.3, 0.4) is 0 Å². The average molecular weight is 193 g/mol. The summed E-state index contributed by atoms with van der Waals surface area (Å²) in [5.41, 5.74) is 0.709. The Balaban J connectivity index is 2.36. The van der Waals surface area contributed by atoms with Crippen molar-refractivity contribution in [2.24, 2.45) is 5.10 Å². The molecule has 0 fully saturated rings. The largest absolute Gasteiger partial charge is 0.272 e. The molecule has 0 aromatic carbocycles. The molecule has 0 radical (unpaired) electrons. The third kappa shape index (κ3) is 1.48. The van der Waals surface area contributed by atoms with Gasteiger partial charge in [-0.1, -0.05) is 6.07 Å². The van der Waals surface area contributed by atoms with Crippen LogP contribution < -0.4 is 5.01 Å². The molecule has 1 aromatic heterocycles. The summed E-state index contributed by atoms with van der Waals surface area (Å²) in [6.45, 7) is 1.75. The maximum absolute atomic E-state index is 12.7. The molecule has 4 nitrogen and oxygen atoms in total. The van der Waals surface area contributed by atoms with E-state index in [2.05, 4.69) is 10.1 Å². The fourth-order valence-corrected chi connectivity index (χ4v) is 1.25. The smallest absolute Gasteiger partial charge is 0.254 e. The lowest BCUT2D eigenvalue weighted by Gasteiger charge is -2.09. The Labute approximate surface area is 80.1 Å². The van der Waals surface area contributed by atoms with Crippen molar-refractivity contribution in [1.29, 1.82) is 0 Å². The van der Waals surface area contributed by atoms with Crippen LogP contribution in [0, 0.1) is 5.95 Å². The third-order valence-electron chi connectivity index (χ3n) is 1.83. The molecule has 1 aliphatic rings. The van der Waals surface area contributed by atoms with Gasteiger partial charge in [-0.2, -0.15) is 14.5 Å². The van der Waals surface area contributed by atoms with Gasteiger partial charge in [-0.25, -0.2) is 4.98 Å². The van der Waals surface area contributed by atoms with E-state index >= 15 is 0 Å². The van der Waals surface area contributed by atoms with E-state index in [0.717, 1.165) is 5.01 Å². The molecule has 0 aliphatic carbocycles. The number of hydrazone groups is 1. The van der Waals surface area contributed by atoms with Gasteiger partial charge in [0.15, 0.2) is 5.82 Å². The molecule has 1 aromatic rings. The highest BCUT2D eigenvalue weighted by atomic mass is 19.1. The lowest BCUT2D eigenvalue weighted by Crippen LogP contribution is -2.20. The molecule has 2 heterocycles. The van der Waals surface area contributed by atoms with Crippen molar-refractivity contribution in [3.63, 3.8) is 0 Å². The Hall–Kier alpha value is -1.78. The van der Waals surface area contributed by atoms with Gasteiger partial charge in [-0.3, -0.25) is 4.79 Å². The van der Waals surface area contributed by atoms with Crippen LogP contribution in [-0.4, -0.2) is 16.6 Å². The number of carbonyl (C=O) groups is 1. The van der Waals surface area contributed by atoms with Crippen LogP contribution >= 0.6 is 0 Å². The van der Waals surface area contributed by atoms with Crippen LogP contribution in [0.1, 0.15) is 13.3 Å². The van der Waals surface area contributed by atoms with E-state index in [9.17, 15) is 9.18 Å². The number of rotatable bonds is 1. The Morgan fingerprint density at radius 3 is 2.86 bits per heavy atom. The number of pyridine rings is 1. The number of anilines is 1. The minimum Gasteiger partial charge on any atom is -0.272 e. The van der Waals surface area contributed by atoms with E-state index in [1.54, 1.807) is 13.0 Å². The van der Waals surface area contributed by atoms with Gasteiger partial charge in [0.25, 0.3) is 5.91 Å². The van der Waals surface area contributed by atoms with Gasteiger partial charge >= 0.3 is 0 Å². The molecule has 0 N–H and O–H groups in total. The van der Waals surface area contributed by atoms with Gasteiger partial charge in [0.05, 0.1) is 6.42 Å². The zero-order valence-electron chi connectivity index (χ0n) is 7.57. The number of aromatic nitrogens is 1. The van der Waals surface area contributed by atoms with E-state index in [4.69, 9.17) is 0 Å². The van der Waals surface area contributed by atoms with Gasteiger partial charge in [-0.05, 0) is 19.1 Å². The van der Waals surface area contributed by atoms with Crippen molar-refractivity contribution in [1.82, 2.24) is 4.98 Å². The van der Waals surface area contributed by atoms with Crippen LogP contribution in [-0.2, 0) is 4.79 Å². The molecule has 0 unspecified atom stereocenters. The first-order valence-electron chi connectivity index (χ1n) is 4.16. The number of nitrogens with zero attached hydrogens (tertiary/aromatic N) is 3. The molecule has 0 bridgehead atoms. The molecule has 1 aliphatic heterocycles. The summed E-state index contributed by atoms with van der Waals surface area (Å²) in [7, 11) is 0. The molecular weight excluding hydrogens is 185 g/mol. The van der Waals surface area contributed by atoms with Crippen molar-refractivity contribution in [3.05, 3.63) is 24.1 Å². The summed E-state index contributed by atoms with van der Waals surface area (Å²) in [6, 6.07) is 4.26. The second-order valence-electron chi connectivity index (χ2n) is 3.04. The molecular formula is C9H8FN3O. The molecule has 0 saturated heterocycles. The van der Waals surface area contributed by atoms with Crippen molar-refractivity contribution in [3.8, 4) is 0 Å². The van der Waals surface area contributed by atoms with Crippen LogP contribution in [0.25, 0.3) is 0 Å². The minimum atomic E-state index is -0.616. The van der Waals surface area contributed by atoms with E-state index in [1.807, 2.05) is 0 Å². The second kappa shape index (κ2) is 3.17. The van der Waals surface area contributed by atoms with Gasteiger partial charge in [0, 0.05) is 5.71 Å². The van der Waals surface area contributed by atoms with Gasteiger partial charge in [-0.15, -0.1) is 0 Å². The molecule has 5 heteroatoms. The van der Waals surface area contributed by atoms with Gasteiger partial charge in [0.2, 0.25) is 5.95 Å². The summed E-state index contributed by atoms with van der Waals surface area (Å²) in [4.78, 5) is 14.9. The normalized spacial score (nSPS) is 16.0. The Bertz CT molecular complexity index is 416. The van der Waals surface area contributed by atoms with E-state index in [1.165, 1.54) is 12.1 Å². The molecule has 1 amide bonds. The number of amides is 1. The van der Waals surface area contributed by atoms with E-state index in [0.29, 0.717) is 5.71 Å². The number of hydrogen-bond acceptors (Lipinski definition) is 3. The standard InChI is InChI=1S/C9H8FN3O/c1-6-5-9(14)13(12-6)8-4-2-3-7(10)11-8/h2-4H,5H2,1H3. The summed E-state index contributed by atoms with van der Waals surface area (Å²) >= 11 is 0. The molecule has 14 heavy (non-hydrogen) atoms. The third-order valence-corrected chi connectivity index (χ3v) is 1.83. The molecule has 72 valence electrons. The molecule has 0 atom stereocenters. The second-order valence-corrected chi connectivity index (χ2v) is 3.04. The first-order chi connectivity index (χ1) is 6.66. The zero-order valence-corrected chi connectivity index (χ0v) is 7.57. The summed E-state index contributed by atoms with van der Waals surface area (Å²) in [6.07, 6.45) is 0.276.